The van der Waals surface area contributed by atoms with E-state index in [1.807, 2.05) is 36.4 Å². The number of Topliss-reactive ketones (excluding diaryl/α,β-unsaturated/α-hetero) is 1. The van der Waals surface area contributed by atoms with Crippen LogP contribution in [0, 0.1) is 0 Å². The van der Waals surface area contributed by atoms with Crippen LogP contribution < -0.4 is 0 Å². The standard InChI is InChI=1S/C17H12O3/c18-14-11-15(12-7-3-1-4-8-12)20-17(14)16(19)13-9-5-2-6-10-13/h1-11,17H. The largest absolute Gasteiger partial charge is 0.473 e. The normalized spacial score (nSPS) is 17.5. The van der Waals surface area contributed by atoms with E-state index in [2.05, 4.69) is 0 Å². The van der Waals surface area contributed by atoms with E-state index in [1.54, 1.807) is 24.3 Å². The van der Waals surface area contributed by atoms with Gasteiger partial charge >= 0.3 is 0 Å². The van der Waals surface area contributed by atoms with Gasteiger partial charge in [-0.05, 0) is 0 Å². The van der Waals surface area contributed by atoms with Gasteiger partial charge in [0.1, 0.15) is 5.76 Å². The van der Waals surface area contributed by atoms with Gasteiger partial charge in [0.2, 0.25) is 17.7 Å². The van der Waals surface area contributed by atoms with Crippen LogP contribution in [0.15, 0.2) is 66.7 Å². The zero-order chi connectivity index (χ0) is 13.9. The number of ketones is 2. The summed E-state index contributed by atoms with van der Waals surface area (Å²) in [5.74, 6) is -0.166. The van der Waals surface area contributed by atoms with Crippen LogP contribution in [0.5, 0.6) is 0 Å². The molecule has 3 nitrogen and oxygen atoms in total. The Kier molecular flexibility index (Phi) is 3.17. The first-order valence-electron chi connectivity index (χ1n) is 6.32. The second-order valence-corrected chi connectivity index (χ2v) is 4.51. The van der Waals surface area contributed by atoms with Crippen molar-refractivity contribution in [1.29, 1.82) is 0 Å². The maximum atomic E-state index is 12.3. The predicted molar refractivity (Wildman–Crippen MR) is 75.1 cm³/mol. The molecule has 1 unspecified atom stereocenters. The molecule has 1 heterocycles. The number of hydrogen-bond acceptors (Lipinski definition) is 3. The van der Waals surface area contributed by atoms with E-state index in [1.165, 1.54) is 6.08 Å². The lowest BCUT2D eigenvalue weighted by Crippen LogP contribution is -2.27. The van der Waals surface area contributed by atoms with Crippen molar-refractivity contribution in [3.8, 4) is 0 Å². The maximum absolute atomic E-state index is 12.3. The first-order chi connectivity index (χ1) is 9.75. The first-order valence-corrected chi connectivity index (χ1v) is 6.32. The van der Waals surface area contributed by atoms with Crippen LogP contribution in [0.1, 0.15) is 15.9 Å². The third-order valence-electron chi connectivity index (χ3n) is 3.13. The Balaban J connectivity index is 1.83. The Morgan fingerprint density at radius 2 is 1.50 bits per heavy atom. The van der Waals surface area contributed by atoms with Crippen molar-refractivity contribution in [3.63, 3.8) is 0 Å². The van der Waals surface area contributed by atoms with E-state index in [0.717, 1.165) is 5.56 Å². The molecule has 0 spiro atoms. The lowest BCUT2D eigenvalue weighted by molar-refractivity contribution is -0.118. The summed E-state index contributed by atoms with van der Waals surface area (Å²) in [6.45, 7) is 0. The van der Waals surface area contributed by atoms with Gasteiger partial charge in [-0.1, -0.05) is 60.7 Å². The van der Waals surface area contributed by atoms with E-state index >= 15 is 0 Å². The van der Waals surface area contributed by atoms with Gasteiger partial charge in [0.25, 0.3) is 0 Å². The molecule has 3 heteroatoms. The van der Waals surface area contributed by atoms with Crippen molar-refractivity contribution < 1.29 is 14.3 Å². The summed E-state index contributed by atoms with van der Waals surface area (Å²) in [5.41, 5.74) is 1.28. The topological polar surface area (TPSA) is 43.4 Å². The molecule has 2 aromatic carbocycles. The highest BCUT2D eigenvalue weighted by molar-refractivity contribution is 6.20. The molecule has 98 valence electrons. The Morgan fingerprint density at radius 3 is 2.15 bits per heavy atom. The Bertz CT molecular complexity index is 672. The number of carbonyl (C=O) groups excluding carboxylic acids is 2. The smallest absolute Gasteiger partial charge is 0.223 e. The summed E-state index contributed by atoms with van der Waals surface area (Å²) in [4.78, 5) is 24.2. The van der Waals surface area contributed by atoms with Gasteiger partial charge in [-0.3, -0.25) is 9.59 Å². The Labute approximate surface area is 116 Å². The maximum Gasteiger partial charge on any atom is 0.223 e. The average Bonchev–Trinajstić information content (AvgIpc) is 2.90. The molecule has 0 saturated carbocycles. The molecule has 1 atom stereocenters. The highest BCUT2D eigenvalue weighted by Crippen LogP contribution is 2.25. The number of carbonyl (C=O) groups is 2. The molecule has 0 aliphatic carbocycles. The van der Waals surface area contributed by atoms with Gasteiger partial charge in [0, 0.05) is 17.2 Å². The van der Waals surface area contributed by atoms with Crippen LogP contribution in [0.2, 0.25) is 0 Å². The second kappa shape index (κ2) is 5.13. The van der Waals surface area contributed by atoms with Crippen molar-refractivity contribution in [2.24, 2.45) is 0 Å². The van der Waals surface area contributed by atoms with Crippen LogP contribution in [0.25, 0.3) is 5.76 Å². The molecule has 0 aromatic heterocycles. The Morgan fingerprint density at radius 1 is 0.900 bits per heavy atom. The predicted octanol–water partition coefficient (Wildman–Crippen LogP) is 2.88. The summed E-state index contributed by atoms with van der Waals surface area (Å²) in [6, 6.07) is 18.0. The van der Waals surface area contributed by atoms with Gasteiger partial charge in [-0.25, -0.2) is 0 Å². The van der Waals surface area contributed by atoms with E-state index in [4.69, 9.17) is 4.74 Å². The molecule has 0 amide bonds. The number of benzene rings is 2. The monoisotopic (exact) mass is 264 g/mol. The number of ether oxygens (including phenoxy) is 1. The van der Waals surface area contributed by atoms with Gasteiger partial charge < -0.3 is 4.74 Å². The van der Waals surface area contributed by atoms with E-state index in [0.29, 0.717) is 11.3 Å². The van der Waals surface area contributed by atoms with Crippen molar-refractivity contribution in [2.45, 2.75) is 6.10 Å². The van der Waals surface area contributed by atoms with Crippen molar-refractivity contribution in [1.82, 2.24) is 0 Å². The molecule has 0 fully saturated rings. The van der Waals surface area contributed by atoms with E-state index in [-0.39, 0.29) is 11.6 Å². The molecule has 0 N–H and O–H groups in total. The van der Waals surface area contributed by atoms with Gasteiger partial charge in [0.15, 0.2) is 0 Å². The summed E-state index contributed by atoms with van der Waals surface area (Å²) in [5, 5.41) is 0. The quantitative estimate of drug-likeness (QED) is 0.632. The lowest BCUT2D eigenvalue weighted by Gasteiger charge is -2.11. The highest BCUT2D eigenvalue weighted by Gasteiger charge is 2.34. The van der Waals surface area contributed by atoms with E-state index < -0.39 is 6.10 Å². The van der Waals surface area contributed by atoms with Crippen molar-refractivity contribution in [2.75, 3.05) is 0 Å². The van der Waals surface area contributed by atoms with Crippen LogP contribution in [-0.4, -0.2) is 17.7 Å². The molecule has 0 radical (unpaired) electrons. The number of rotatable bonds is 3. The zero-order valence-electron chi connectivity index (χ0n) is 10.7. The Hall–Kier alpha value is -2.68. The minimum absolute atomic E-state index is 0.308. The van der Waals surface area contributed by atoms with Crippen LogP contribution in [0.3, 0.4) is 0 Å². The molecule has 2 aromatic rings. The minimum Gasteiger partial charge on any atom is -0.473 e. The van der Waals surface area contributed by atoms with Gasteiger partial charge in [0.05, 0.1) is 0 Å². The lowest BCUT2D eigenvalue weighted by atomic mass is 10.0. The van der Waals surface area contributed by atoms with E-state index in [9.17, 15) is 9.59 Å². The molecule has 0 bridgehead atoms. The SMILES string of the molecule is O=C1C=C(c2ccccc2)OC1C(=O)c1ccccc1. The molecule has 1 aliphatic rings. The molecule has 20 heavy (non-hydrogen) atoms. The molecular weight excluding hydrogens is 252 g/mol. The van der Waals surface area contributed by atoms with Crippen LogP contribution in [0.4, 0.5) is 0 Å². The van der Waals surface area contributed by atoms with Gasteiger partial charge in [-0.2, -0.15) is 0 Å². The molecule has 3 rings (SSSR count). The van der Waals surface area contributed by atoms with Crippen LogP contribution >= 0.6 is 0 Å². The average molecular weight is 264 g/mol. The zero-order valence-corrected chi connectivity index (χ0v) is 10.7. The summed E-state index contributed by atoms with van der Waals surface area (Å²) >= 11 is 0. The van der Waals surface area contributed by atoms with Crippen LogP contribution in [-0.2, 0) is 9.53 Å². The van der Waals surface area contributed by atoms with Crippen molar-refractivity contribution in [3.05, 3.63) is 77.9 Å². The fourth-order valence-electron chi connectivity index (χ4n) is 2.11. The minimum atomic E-state index is -1.06. The third-order valence-corrected chi connectivity index (χ3v) is 3.13. The second-order valence-electron chi connectivity index (χ2n) is 4.51. The van der Waals surface area contributed by atoms with Gasteiger partial charge in [-0.15, -0.1) is 0 Å². The van der Waals surface area contributed by atoms with Crippen molar-refractivity contribution >= 4 is 17.3 Å². The summed E-state index contributed by atoms with van der Waals surface area (Å²) in [6.07, 6.45) is 0.327. The third kappa shape index (κ3) is 2.26. The molecule has 1 aliphatic heterocycles. The fourth-order valence-corrected chi connectivity index (χ4v) is 2.11. The molecular formula is C17H12O3. The fraction of sp³-hybridized carbons (Fsp3) is 0.0588. The summed E-state index contributed by atoms with van der Waals surface area (Å²) in [7, 11) is 0. The summed E-state index contributed by atoms with van der Waals surface area (Å²) < 4.78 is 5.54. The first kappa shape index (κ1) is 12.4. The molecule has 0 saturated heterocycles. The highest BCUT2D eigenvalue weighted by atomic mass is 16.5. The number of hydrogen-bond donors (Lipinski definition) is 0.